The quantitative estimate of drug-likeness (QED) is 0.509. The number of carbonyl (C=O) groups excluding carboxylic acids is 1. The Morgan fingerprint density at radius 2 is 1.82 bits per heavy atom. The Hall–Kier alpha value is -3.69. The van der Waals surface area contributed by atoms with E-state index in [1.54, 1.807) is 42.3 Å². The minimum atomic E-state index is -3.81. The summed E-state index contributed by atoms with van der Waals surface area (Å²) in [5.41, 5.74) is 4.80. The zero-order chi connectivity index (χ0) is 27.2. The summed E-state index contributed by atoms with van der Waals surface area (Å²) in [7, 11) is -2.07. The van der Waals surface area contributed by atoms with Crippen molar-refractivity contribution in [3.05, 3.63) is 94.0 Å². The summed E-state index contributed by atoms with van der Waals surface area (Å²) in [6.07, 6.45) is -0.477. The number of hydrogen-bond acceptors (Lipinski definition) is 5. The van der Waals surface area contributed by atoms with Gasteiger partial charge >= 0.3 is 5.97 Å². The van der Waals surface area contributed by atoms with Gasteiger partial charge in [-0.15, -0.1) is 0 Å². The first-order chi connectivity index (χ1) is 18.0. The van der Waals surface area contributed by atoms with Crippen LogP contribution in [-0.4, -0.2) is 54.3 Å². The van der Waals surface area contributed by atoms with E-state index in [1.165, 1.54) is 4.31 Å². The van der Waals surface area contributed by atoms with Crippen molar-refractivity contribution in [2.75, 3.05) is 13.6 Å². The topological polar surface area (TPSA) is 104 Å². The van der Waals surface area contributed by atoms with E-state index in [2.05, 4.69) is 0 Å². The van der Waals surface area contributed by atoms with E-state index in [0.29, 0.717) is 17.9 Å². The van der Waals surface area contributed by atoms with Gasteiger partial charge in [0.2, 0.25) is 10.0 Å². The molecule has 0 spiro atoms. The first-order valence-electron chi connectivity index (χ1n) is 12.5. The molecule has 2 aliphatic heterocycles. The number of nitrogens with zero attached hydrogens (tertiary/aromatic N) is 2. The summed E-state index contributed by atoms with van der Waals surface area (Å²) in [6, 6.07) is 17.9. The number of aliphatic carboxylic acids is 1. The Labute approximate surface area is 222 Å². The van der Waals surface area contributed by atoms with E-state index in [4.69, 9.17) is 4.74 Å². The highest BCUT2D eigenvalue weighted by Gasteiger charge is 2.34. The Kier molecular flexibility index (Phi) is 6.75. The molecule has 0 saturated heterocycles. The number of fused-ring (bicyclic) bond motifs is 2. The molecule has 9 heteroatoms. The van der Waals surface area contributed by atoms with Gasteiger partial charge in [-0.3, -0.25) is 9.59 Å². The SMILES string of the molecule is Cc1ccc(C(CC(=O)O)c2ccc3c(c2)CN(C)C3=O)cc1CN1C[C@@H](C)Oc2ccccc2S1(=O)=O. The van der Waals surface area contributed by atoms with Crippen molar-refractivity contribution in [3.63, 3.8) is 0 Å². The average Bonchev–Trinajstić information content (AvgIpc) is 3.10. The van der Waals surface area contributed by atoms with Gasteiger partial charge < -0.3 is 14.7 Å². The maximum absolute atomic E-state index is 13.6. The lowest BCUT2D eigenvalue weighted by atomic mass is 9.85. The zero-order valence-corrected chi connectivity index (χ0v) is 22.4. The van der Waals surface area contributed by atoms with Gasteiger partial charge in [0.15, 0.2) is 0 Å². The minimum absolute atomic E-state index is 0.0441. The number of para-hydroxylation sites is 1. The van der Waals surface area contributed by atoms with Crippen LogP contribution in [0.2, 0.25) is 0 Å². The van der Waals surface area contributed by atoms with Gasteiger partial charge in [0.25, 0.3) is 5.91 Å². The summed E-state index contributed by atoms with van der Waals surface area (Å²) in [5.74, 6) is -1.10. The molecule has 3 aromatic carbocycles. The highest BCUT2D eigenvalue weighted by Crippen LogP contribution is 2.35. The number of aryl methyl sites for hydroxylation is 1. The molecule has 0 aromatic heterocycles. The Morgan fingerprint density at radius 1 is 1.11 bits per heavy atom. The third-order valence-electron chi connectivity index (χ3n) is 7.27. The summed E-state index contributed by atoms with van der Waals surface area (Å²) < 4.78 is 34.5. The maximum Gasteiger partial charge on any atom is 0.304 e. The summed E-state index contributed by atoms with van der Waals surface area (Å²) >= 11 is 0. The van der Waals surface area contributed by atoms with Crippen LogP contribution in [0.25, 0.3) is 0 Å². The molecule has 0 bridgehead atoms. The lowest BCUT2D eigenvalue weighted by molar-refractivity contribution is -0.137. The standard InChI is InChI=1S/C29H30N2O6S/c1-18-8-9-20(25(14-28(32)33)21-10-11-24-23(13-21)16-30(3)29(24)34)12-22(18)17-31-15-19(2)37-26-6-4-5-7-27(26)38(31,35)36/h4-13,19,25H,14-17H2,1-3H3,(H,32,33)/t19-,25?/m1/s1. The van der Waals surface area contributed by atoms with Crippen LogP contribution in [0.15, 0.2) is 65.6 Å². The molecule has 38 heavy (non-hydrogen) atoms. The second-order valence-corrected chi connectivity index (χ2v) is 12.0. The van der Waals surface area contributed by atoms with Crippen molar-refractivity contribution < 1.29 is 27.9 Å². The van der Waals surface area contributed by atoms with Crippen molar-refractivity contribution in [3.8, 4) is 5.75 Å². The second-order valence-electron chi connectivity index (χ2n) is 10.1. The highest BCUT2D eigenvalue weighted by molar-refractivity contribution is 7.89. The van der Waals surface area contributed by atoms with Crippen LogP contribution in [0.3, 0.4) is 0 Å². The highest BCUT2D eigenvalue weighted by atomic mass is 32.2. The molecular weight excluding hydrogens is 504 g/mol. The van der Waals surface area contributed by atoms with Crippen LogP contribution in [0.4, 0.5) is 0 Å². The van der Waals surface area contributed by atoms with Crippen molar-refractivity contribution in [2.45, 2.75) is 50.3 Å². The molecule has 2 atom stereocenters. The number of benzene rings is 3. The predicted octanol–water partition coefficient (Wildman–Crippen LogP) is 4.16. The Balaban J connectivity index is 1.51. The van der Waals surface area contributed by atoms with E-state index in [-0.39, 0.29) is 36.4 Å². The van der Waals surface area contributed by atoms with E-state index in [0.717, 1.165) is 27.8 Å². The minimum Gasteiger partial charge on any atom is -0.488 e. The van der Waals surface area contributed by atoms with Gasteiger partial charge in [-0.2, -0.15) is 4.31 Å². The number of rotatable bonds is 6. The molecule has 1 amide bonds. The van der Waals surface area contributed by atoms with E-state index in [9.17, 15) is 23.1 Å². The second kappa shape index (κ2) is 9.89. The molecule has 2 heterocycles. The van der Waals surface area contributed by atoms with Crippen LogP contribution in [-0.2, 0) is 27.9 Å². The lowest BCUT2D eigenvalue weighted by Crippen LogP contribution is -2.35. The van der Waals surface area contributed by atoms with Gasteiger partial charge in [0.1, 0.15) is 16.7 Å². The fraction of sp³-hybridized carbons (Fsp3) is 0.310. The van der Waals surface area contributed by atoms with Crippen molar-refractivity contribution in [1.29, 1.82) is 0 Å². The van der Waals surface area contributed by atoms with Crippen molar-refractivity contribution >= 4 is 21.9 Å². The molecule has 1 unspecified atom stereocenters. The van der Waals surface area contributed by atoms with Gasteiger partial charge in [0, 0.05) is 31.6 Å². The normalized spacial score (nSPS) is 19.3. The maximum atomic E-state index is 13.6. The fourth-order valence-corrected chi connectivity index (χ4v) is 6.88. The first kappa shape index (κ1) is 25.9. The number of carbonyl (C=O) groups is 2. The first-order valence-corrected chi connectivity index (χ1v) is 13.9. The van der Waals surface area contributed by atoms with E-state index in [1.807, 2.05) is 44.2 Å². The van der Waals surface area contributed by atoms with Crippen LogP contribution < -0.4 is 4.74 Å². The molecular formula is C29H30N2O6S. The Morgan fingerprint density at radius 3 is 2.58 bits per heavy atom. The molecule has 1 N–H and O–H groups in total. The van der Waals surface area contributed by atoms with Crippen LogP contribution in [0.5, 0.6) is 5.75 Å². The molecule has 0 saturated carbocycles. The number of hydrogen-bond donors (Lipinski definition) is 1. The van der Waals surface area contributed by atoms with Crippen molar-refractivity contribution in [2.24, 2.45) is 0 Å². The number of carboxylic acids is 1. The number of sulfonamides is 1. The van der Waals surface area contributed by atoms with E-state index >= 15 is 0 Å². The third kappa shape index (κ3) is 4.79. The van der Waals surface area contributed by atoms with Gasteiger partial charge in [-0.05, 0) is 59.9 Å². The number of carboxylic acid groups (broad SMARTS) is 1. The fourth-order valence-electron chi connectivity index (χ4n) is 5.26. The van der Waals surface area contributed by atoms with Gasteiger partial charge in [-0.25, -0.2) is 8.42 Å². The largest absolute Gasteiger partial charge is 0.488 e. The summed E-state index contributed by atoms with van der Waals surface area (Å²) in [5, 5.41) is 9.73. The zero-order valence-electron chi connectivity index (χ0n) is 21.5. The summed E-state index contributed by atoms with van der Waals surface area (Å²) in [4.78, 5) is 26.0. The van der Waals surface area contributed by atoms with Crippen LogP contribution in [0.1, 0.15) is 57.4 Å². The molecule has 0 fully saturated rings. The van der Waals surface area contributed by atoms with Gasteiger partial charge in [-0.1, -0.05) is 42.5 Å². The monoisotopic (exact) mass is 534 g/mol. The Bertz CT molecular complexity index is 1530. The van der Waals surface area contributed by atoms with Crippen LogP contribution in [0, 0.1) is 6.92 Å². The lowest BCUT2D eigenvalue weighted by Gasteiger charge is -2.24. The molecule has 2 aliphatic rings. The third-order valence-corrected chi connectivity index (χ3v) is 9.12. The smallest absolute Gasteiger partial charge is 0.304 e. The number of amides is 1. The molecule has 5 rings (SSSR count). The predicted molar refractivity (Wildman–Crippen MR) is 142 cm³/mol. The molecule has 198 valence electrons. The number of ether oxygens (including phenoxy) is 1. The van der Waals surface area contributed by atoms with Crippen molar-refractivity contribution in [1.82, 2.24) is 9.21 Å². The summed E-state index contributed by atoms with van der Waals surface area (Å²) in [6.45, 7) is 4.56. The van der Waals surface area contributed by atoms with E-state index < -0.39 is 21.9 Å². The molecule has 3 aromatic rings. The molecule has 0 radical (unpaired) electrons. The molecule has 8 nitrogen and oxygen atoms in total. The van der Waals surface area contributed by atoms with Crippen LogP contribution >= 0.6 is 0 Å². The van der Waals surface area contributed by atoms with Gasteiger partial charge in [0.05, 0.1) is 13.0 Å². The average molecular weight is 535 g/mol. The molecule has 0 aliphatic carbocycles.